The SMILES string of the molecule is COCCCN1C(=O)C(Nc2cc(OC)cc(OC)c2)=C(c2ccc(OC)cc2)C1=O. The van der Waals surface area contributed by atoms with Crippen molar-refractivity contribution in [2.24, 2.45) is 0 Å². The number of amides is 2. The summed E-state index contributed by atoms with van der Waals surface area (Å²) in [6.45, 7) is 0.711. The topological polar surface area (TPSA) is 86.3 Å². The Morgan fingerprint density at radius 3 is 1.97 bits per heavy atom. The van der Waals surface area contributed by atoms with Gasteiger partial charge in [-0.15, -0.1) is 0 Å². The van der Waals surface area contributed by atoms with E-state index in [1.165, 1.54) is 4.90 Å². The van der Waals surface area contributed by atoms with E-state index in [2.05, 4.69) is 5.32 Å². The second-order valence-electron chi connectivity index (χ2n) is 6.81. The highest BCUT2D eigenvalue weighted by atomic mass is 16.5. The summed E-state index contributed by atoms with van der Waals surface area (Å²) in [5, 5.41) is 3.11. The van der Waals surface area contributed by atoms with Gasteiger partial charge in [-0.1, -0.05) is 12.1 Å². The fraction of sp³-hybridized carbons (Fsp3) is 0.304. The first-order chi connectivity index (χ1) is 15.0. The lowest BCUT2D eigenvalue weighted by Crippen LogP contribution is -2.33. The second kappa shape index (κ2) is 9.99. The number of hydrogen-bond acceptors (Lipinski definition) is 7. The van der Waals surface area contributed by atoms with Gasteiger partial charge in [-0.2, -0.15) is 0 Å². The number of rotatable bonds is 10. The van der Waals surface area contributed by atoms with E-state index >= 15 is 0 Å². The normalized spacial score (nSPS) is 13.6. The maximum Gasteiger partial charge on any atom is 0.278 e. The van der Waals surface area contributed by atoms with Crippen LogP contribution in [0.4, 0.5) is 5.69 Å². The van der Waals surface area contributed by atoms with E-state index in [-0.39, 0.29) is 18.1 Å². The van der Waals surface area contributed by atoms with E-state index in [1.807, 2.05) is 0 Å². The first-order valence-corrected chi connectivity index (χ1v) is 9.76. The van der Waals surface area contributed by atoms with Crippen LogP contribution in [0, 0.1) is 0 Å². The molecule has 0 unspecified atom stereocenters. The van der Waals surface area contributed by atoms with Crippen molar-refractivity contribution in [1.29, 1.82) is 0 Å². The molecule has 31 heavy (non-hydrogen) atoms. The van der Waals surface area contributed by atoms with Crippen molar-refractivity contribution < 1.29 is 28.5 Å². The molecule has 164 valence electrons. The Bertz CT molecular complexity index is 962. The van der Waals surface area contributed by atoms with Crippen molar-refractivity contribution >= 4 is 23.1 Å². The minimum atomic E-state index is -0.395. The molecule has 0 fully saturated rings. The zero-order valence-electron chi connectivity index (χ0n) is 18.1. The molecule has 1 N–H and O–H groups in total. The maximum atomic E-state index is 13.2. The summed E-state index contributed by atoms with van der Waals surface area (Å²) < 4.78 is 20.9. The highest BCUT2D eigenvalue weighted by Crippen LogP contribution is 2.33. The molecule has 8 nitrogen and oxygen atoms in total. The zero-order valence-corrected chi connectivity index (χ0v) is 18.1. The number of benzene rings is 2. The van der Waals surface area contributed by atoms with Crippen molar-refractivity contribution in [3.8, 4) is 17.2 Å². The second-order valence-corrected chi connectivity index (χ2v) is 6.81. The Balaban J connectivity index is 2.02. The van der Waals surface area contributed by atoms with Crippen LogP contribution in [0.1, 0.15) is 12.0 Å². The Morgan fingerprint density at radius 2 is 1.42 bits per heavy atom. The molecule has 3 rings (SSSR count). The summed E-state index contributed by atoms with van der Waals surface area (Å²) in [6, 6.07) is 12.2. The zero-order chi connectivity index (χ0) is 22.4. The van der Waals surface area contributed by atoms with Crippen molar-refractivity contribution in [2.75, 3.05) is 46.9 Å². The minimum absolute atomic E-state index is 0.197. The molecule has 0 radical (unpaired) electrons. The first-order valence-electron chi connectivity index (χ1n) is 9.76. The summed E-state index contributed by atoms with van der Waals surface area (Å²) in [6.07, 6.45) is 0.546. The first kappa shape index (κ1) is 22.2. The van der Waals surface area contributed by atoms with Crippen LogP contribution in [-0.2, 0) is 14.3 Å². The van der Waals surface area contributed by atoms with Crippen molar-refractivity contribution in [1.82, 2.24) is 4.90 Å². The molecule has 0 aliphatic carbocycles. The minimum Gasteiger partial charge on any atom is -0.497 e. The summed E-state index contributed by atoms with van der Waals surface area (Å²) in [5.41, 5.74) is 1.68. The van der Waals surface area contributed by atoms with Gasteiger partial charge in [0.1, 0.15) is 22.9 Å². The highest BCUT2D eigenvalue weighted by molar-refractivity contribution is 6.36. The summed E-state index contributed by atoms with van der Waals surface area (Å²) in [4.78, 5) is 27.6. The van der Waals surface area contributed by atoms with Crippen LogP contribution < -0.4 is 19.5 Å². The number of ether oxygens (including phenoxy) is 4. The number of anilines is 1. The van der Waals surface area contributed by atoms with Crippen LogP contribution in [0.25, 0.3) is 5.57 Å². The average Bonchev–Trinajstić information content (AvgIpc) is 3.03. The van der Waals surface area contributed by atoms with Crippen LogP contribution in [0.15, 0.2) is 48.2 Å². The van der Waals surface area contributed by atoms with Gasteiger partial charge in [0.05, 0.1) is 26.9 Å². The monoisotopic (exact) mass is 426 g/mol. The van der Waals surface area contributed by atoms with Gasteiger partial charge >= 0.3 is 0 Å². The molecule has 2 amide bonds. The Morgan fingerprint density at radius 1 is 0.806 bits per heavy atom. The molecular weight excluding hydrogens is 400 g/mol. The van der Waals surface area contributed by atoms with E-state index in [1.54, 1.807) is 70.9 Å². The molecule has 1 aliphatic rings. The molecule has 0 saturated heterocycles. The molecule has 8 heteroatoms. The van der Waals surface area contributed by atoms with Gasteiger partial charge < -0.3 is 24.3 Å². The molecule has 1 aliphatic heterocycles. The van der Waals surface area contributed by atoms with Gasteiger partial charge in [0.15, 0.2) is 0 Å². The number of carbonyl (C=O) groups excluding carboxylic acids is 2. The van der Waals surface area contributed by atoms with Crippen LogP contribution in [0.3, 0.4) is 0 Å². The van der Waals surface area contributed by atoms with E-state index in [4.69, 9.17) is 18.9 Å². The van der Waals surface area contributed by atoms with Gasteiger partial charge in [0.25, 0.3) is 11.8 Å². The van der Waals surface area contributed by atoms with E-state index in [0.29, 0.717) is 47.1 Å². The van der Waals surface area contributed by atoms with Crippen molar-refractivity contribution in [3.05, 3.63) is 53.7 Å². The largest absolute Gasteiger partial charge is 0.497 e. The third-order valence-electron chi connectivity index (χ3n) is 4.90. The smallest absolute Gasteiger partial charge is 0.278 e. The lowest BCUT2D eigenvalue weighted by molar-refractivity contribution is -0.136. The van der Waals surface area contributed by atoms with Crippen LogP contribution >= 0.6 is 0 Å². The average molecular weight is 426 g/mol. The van der Waals surface area contributed by atoms with Crippen LogP contribution in [-0.4, -0.2) is 58.3 Å². The van der Waals surface area contributed by atoms with Gasteiger partial charge in [0, 0.05) is 44.1 Å². The highest BCUT2D eigenvalue weighted by Gasteiger charge is 2.39. The molecule has 0 saturated carbocycles. The summed E-state index contributed by atoms with van der Waals surface area (Å²) in [5.74, 6) is 1.02. The molecule has 0 atom stereocenters. The summed E-state index contributed by atoms with van der Waals surface area (Å²) in [7, 11) is 6.24. The van der Waals surface area contributed by atoms with Gasteiger partial charge in [-0.3, -0.25) is 14.5 Å². The van der Waals surface area contributed by atoms with E-state index in [9.17, 15) is 9.59 Å². The van der Waals surface area contributed by atoms with Gasteiger partial charge in [-0.25, -0.2) is 0 Å². The maximum absolute atomic E-state index is 13.2. The number of imide groups is 1. The summed E-state index contributed by atoms with van der Waals surface area (Å²) >= 11 is 0. The number of methoxy groups -OCH3 is 4. The Hall–Kier alpha value is -3.52. The Labute approximate surface area is 181 Å². The predicted molar refractivity (Wildman–Crippen MR) is 116 cm³/mol. The number of hydrogen-bond donors (Lipinski definition) is 1. The molecule has 0 spiro atoms. The molecular formula is C23H26N2O6. The fourth-order valence-corrected chi connectivity index (χ4v) is 3.31. The van der Waals surface area contributed by atoms with E-state index in [0.717, 1.165) is 0 Å². The van der Waals surface area contributed by atoms with Gasteiger partial charge in [-0.05, 0) is 24.1 Å². The van der Waals surface area contributed by atoms with Crippen LogP contribution in [0.2, 0.25) is 0 Å². The third kappa shape index (κ3) is 4.80. The van der Waals surface area contributed by atoms with E-state index < -0.39 is 5.91 Å². The standard InChI is InChI=1S/C23H26N2O6/c1-28-11-5-10-25-22(26)20(15-6-8-17(29-2)9-7-15)21(23(25)27)24-16-12-18(30-3)14-19(13-16)31-4/h6-9,12-14,24H,5,10-11H2,1-4H3. The lowest BCUT2D eigenvalue weighted by Gasteiger charge is -2.15. The Kier molecular flexibility index (Phi) is 7.15. The number of nitrogens with zero attached hydrogens (tertiary/aromatic N) is 1. The third-order valence-corrected chi connectivity index (χ3v) is 4.90. The fourth-order valence-electron chi connectivity index (χ4n) is 3.31. The predicted octanol–water partition coefficient (Wildman–Crippen LogP) is 2.94. The molecule has 2 aromatic rings. The molecule has 2 aromatic carbocycles. The quantitative estimate of drug-likeness (QED) is 0.462. The lowest BCUT2D eigenvalue weighted by atomic mass is 10.0. The van der Waals surface area contributed by atoms with Crippen LogP contribution in [0.5, 0.6) is 17.2 Å². The number of carbonyl (C=O) groups is 2. The van der Waals surface area contributed by atoms with Gasteiger partial charge in [0.2, 0.25) is 0 Å². The van der Waals surface area contributed by atoms with Crippen molar-refractivity contribution in [3.63, 3.8) is 0 Å². The molecule has 0 bridgehead atoms. The van der Waals surface area contributed by atoms with Crippen molar-refractivity contribution in [2.45, 2.75) is 6.42 Å². The molecule has 0 aromatic heterocycles. The number of nitrogens with one attached hydrogen (secondary N) is 1. The molecule has 1 heterocycles.